The van der Waals surface area contributed by atoms with Crippen molar-refractivity contribution >= 4 is 24.8 Å². The van der Waals surface area contributed by atoms with E-state index in [-0.39, 0.29) is 46.5 Å². The first-order valence-corrected chi connectivity index (χ1v) is 3.33. The zero-order valence-electron chi connectivity index (χ0n) is 7.09. The summed E-state index contributed by atoms with van der Waals surface area (Å²) in [5, 5.41) is 0. The molecule has 13 heavy (non-hydrogen) atoms. The van der Waals surface area contributed by atoms with E-state index in [1.807, 2.05) is 60.7 Å². The largest absolute Gasteiger partial charge is 0.748 e. The van der Waals surface area contributed by atoms with Crippen LogP contribution in [0.2, 0.25) is 0 Å². The van der Waals surface area contributed by atoms with Crippen molar-refractivity contribution in [2.75, 3.05) is 0 Å². The van der Waals surface area contributed by atoms with Gasteiger partial charge in [0.25, 0.3) is 0 Å². The fourth-order valence-corrected chi connectivity index (χ4v) is 0.642. The van der Waals surface area contributed by atoms with E-state index in [9.17, 15) is 0 Å². The van der Waals surface area contributed by atoms with E-state index < -0.39 is 0 Å². The Morgan fingerprint density at radius 2 is 0.923 bits per heavy atom. The maximum Gasteiger partial charge on any atom is 0 e. The molecule has 0 fully saturated rings. The molecule has 0 aliphatic heterocycles. The molecule has 0 aliphatic carbocycles. The Labute approximate surface area is 107 Å². The minimum absolute atomic E-state index is 0. The second-order valence-corrected chi connectivity index (χ2v) is 1.92. The Kier molecular flexibility index (Phi) is 20.9. The van der Waals surface area contributed by atoms with Crippen LogP contribution in [0.3, 0.4) is 0 Å². The molecule has 0 saturated carbocycles. The molecule has 0 N–H and O–H groups in total. The third kappa shape index (κ3) is 12.0. The van der Waals surface area contributed by atoms with Gasteiger partial charge in [-0.1, -0.05) is 0 Å². The summed E-state index contributed by atoms with van der Waals surface area (Å²) in [4.78, 5) is 0. The van der Waals surface area contributed by atoms with Crippen molar-refractivity contribution in [1.82, 2.24) is 0 Å². The van der Waals surface area contributed by atoms with Crippen LogP contribution in [0.15, 0.2) is 60.7 Å². The molecule has 0 bridgehead atoms. The Morgan fingerprint density at radius 1 is 0.615 bits per heavy atom. The zero-order chi connectivity index (χ0) is 7.07. The predicted octanol–water partition coefficient (Wildman–Crippen LogP) is 3.65. The van der Waals surface area contributed by atoms with Gasteiger partial charge in [0, 0.05) is 21.7 Å². The van der Waals surface area contributed by atoms with Crippen molar-refractivity contribution < 1.29 is 21.7 Å². The number of hydrogen-bond acceptors (Lipinski definition) is 0. The summed E-state index contributed by atoms with van der Waals surface area (Å²) in [5.74, 6) is 0. The van der Waals surface area contributed by atoms with Crippen LogP contribution in [0.25, 0.3) is 0 Å². The normalized spacial score (nSPS) is 6.15. The van der Waals surface area contributed by atoms with E-state index in [4.69, 9.17) is 0 Å². The van der Waals surface area contributed by atoms with Crippen LogP contribution < -0.4 is 0 Å². The number of hydrogen-bond donors (Lipinski definition) is 0. The van der Waals surface area contributed by atoms with Gasteiger partial charge in [0.15, 0.2) is 0 Å². The minimum Gasteiger partial charge on any atom is -0.748 e. The molecule has 0 aromatic heterocycles. The maximum absolute atomic E-state index is 2.00. The van der Waals surface area contributed by atoms with Gasteiger partial charge in [-0.3, -0.25) is 0 Å². The van der Waals surface area contributed by atoms with Crippen LogP contribution in [-0.2, 0) is 21.7 Å². The van der Waals surface area contributed by atoms with E-state index in [2.05, 4.69) is 0 Å². The molecule has 0 heterocycles. The van der Waals surface area contributed by atoms with E-state index >= 15 is 0 Å². The van der Waals surface area contributed by atoms with E-state index in [0.717, 1.165) is 0 Å². The molecule has 2 aromatic carbocycles. The molecule has 0 nitrogen and oxygen atoms in total. The monoisotopic (exact) mass is 250 g/mol. The van der Waals surface area contributed by atoms with E-state index in [1.165, 1.54) is 0 Å². The Bertz CT molecular complexity index is 152. The van der Waals surface area contributed by atoms with Crippen LogP contribution in [0, 0.1) is 0 Å². The first kappa shape index (κ1) is 18.7. The van der Waals surface area contributed by atoms with Crippen LogP contribution in [0.4, 0.5) is 0 Å². The van der Waals surface area contributed by atoms with Crippen LogP contribution in [0.5, 0.6) is 0 Å². The smallest absolute Gasteiger partial charge is 0 e. The van der Waals surface area contributed by atoms with Crippen molar-refractivity contribution in [2.24, 2.45) is 0 Å². The average molecular weight is 251 g/mol. The predicted molar refractivity (Wildman–Crippen MR) is 58.6 cm³/mol. The molecular weight excluding hydrogens is 239 g/mol. The summed E-state index contributed by atoms with van der Waals surface area (Å²) >= 11 is 0. The second kappa shape index (κ2) is 14.5. The second-order valence-electron chi connectivity index (χ2n) is 1.92. The molecule has 0 amide bonds. The first-order valence-electron chi connectivity index (χ1n) is 3.33. The quantitative estimate of drug-likeness (QED) is 0.495. The van der Waals surface area contributed by atoms with Gasteiger partial charge in [-0.25, -0.2) is 12.1 Å². The zero-order valence-corrected chi connectivity index (χ0v) is 10.3. The first-order chi connectivity index (χ1) is 5.00. The number of halogens is 2. The van der Waals surface area contributed by atoms with E-state index in [0.29, 0.717) is 0 Å². The molecule has 0 aliphatic rings. The molecule has 0 unspecified atom stereocenters. The number of rotatable bonds is 0. The fraction of sp³-hybridized carbons (Fsp3) is 0. The van der Waals surface area contributed by atoms with E-state index in [1.54, 1.807) is 0 Å². The average Bonchev–Trinajstić information content (AvgIpc) is 2.67. The van der Waals surface area contributed by atoms with Crippen LogP contribution in [-0.4, -0.2) is 0 Å². The molecule has 3 heteroatoms. The van der Waals surface area contributed by atoms with Gasteiger partial charge in [0.1, 0.15) is 0 Å². The van der Waals surface area contributed by atoms with Crippen LogP contribution >= 0.6 is 24.8 Å². The Balaban J connectivity index is -0.000000125. The summed E-state index contributed by atoms with van der Waals surface area (Å²) in [6, 6.07) is 20.0. The molecule has 0 saturated heterocycles. The Hall–Kier alpha value is -0.00571. The summed E-state index contributed by atoms with van der Waals surface area (Å²) < 4.78 is 0. The molecule has 2 aromatic rings. The fourth-order valence-electron chi connectivity index (χ4n) is 0.642. The van der Waals surface area contributed by atoms with Gasteiger partial charge in [-0.2, -0.15) is 18.2 Å². The van der Waals surface area contributed by atoms with Gasteiger partial charge < -0.3 is 30.3 Å². The molecular formula is C10H12Cl2Ti-6. The topological polar surface area (TPSA) is 0 Å². The molecule has 76 valence electrons. The van der Waals surface area contributed by atoms with Gasteiger partial charge >= 0.3 is 0 Å². The summed E-state index contributed by atoms with van der Waals surface area (Å²) in [6.45, 7) is 0. The van der Waals surface area contributed by atoms with Crippen LogP contribution in [0.1, 0.15) is 0 Å². The van der Waals surface area contributed by atoms with Gasteiger partial charge in [-0.05, 0) is 0 Å². The van der Waals surface area contributed by atoms with Crippen molar-refractivity contribution in [1.29, 1.82) is 0 Å². The van der Waals surface area contributed by atoms with Crippen molar-refractivity contribution in [3.05, 3.63) is 60.7 Å². The molecule has 0 spiro atoms. The third-order valence-corrected chi connectivity index (χ3v) is 1.11. The molecule has 2 rings (SSSR count). The van der Waals surface area contributed by atoms with Gasteiger partial charge in [-0.15, -0.1) is 24.8 Å². The van der Waals surface area contributed by atoms with Crippen molar-refractivity contribution in [3.8, 4) is 0 Å². The molecule has 0 radical (unpaired) electrons. The third-order valence-electron chi connectivity index (χ3n) is 1.11. The van der Waals surface area contributed by atoms with Crippen molar-refractivity contribution in [2.45, 2.75) is 0 Å². The minimum atomic E-state index is 0. The van der Waals surface area contributed by atoms with Crippen molar-refractivity contribution in [3.63, 3.8) is 0 Å². The Morgan fingerprint density at radius 3 is 1.08 bits per heavy atom. The van der Waals surface area contributed by atoms with Gasteiger partial charge in [0.05, 0.1) is 0 Å². The standard InChI is InChI=1S/2C5H5.2ClH.Ti/c2*1-2-4-5-3-1;;;/h2*1-5H;2*1H;/q-5;-1;;;. The maximum atomic E-state index is 2.00. The van der Waals surface area contributed by atoms with Gasteiger partial charge in [0.2, 0.25) is 0 Å². The summed E-state index contributed by atoms with van der Waals surface area (Å²) in [7, 11) is 0. The summed E-state index contributed by atoms with van der Waals surface area (Å²) in [5.41, 5.74) is 0. The SMILES string of the molecule is Cl.Cl.[Ti].[cH-]1[cH-][cH-][cH-][cH-]1.c1cc[cH-]c1. The molecule has 0 atom stereocenters. The summed E-state index contributed by atoms with van der Waals surface area (Å²) in [6.07, 6.45) is 0.